The van der Waals surface area contributed by atoms with E-state index >= 15 is 0 Å². The van der Waals surface area contributed by atoms with Crippen LogP contribution in [0, 0.1) is 0 Å². The van der Waals surface area contributed by atoms with Crippen LogP contribution in [-0.4, -0.2) is 112 Å². The molecule has 18 nitrogen and oxygen atoms in total. The fourth-order valence-corrected chi connectivity index (χ4v) is 14.6. The number of halogens is 1. The standard InChI is InChI=1S/3C21H34BN6.Fe.HI/c3*1-7-13-19(14(8-2)24-23-13)22(20-15(9-3)25-26-16(20)10-4)21-17(11-5)27-28-18(21)12-6;;/h3*22H,7-12H2,1-6H3,(H,23,24)(H,25,26)(H,27,28);;1H/q3*-1;+3;/p-1. The molecule has 469 valence electrons. The Bertz CT molecular complexity index is 2580. The second-order valence-electron chi connectivity index (χ2n) is 22.6. The summed E-state index contributed by atoms with van der Waals surface area (Å²) < 4.78 is 0. The van der Waals surface area contributed by atoms with Gasteiger partial charge in [0, 0.05) is 102 Å². The van der Waals surface area contributed by atoms with Crippen LogP contribution in [0.15, 0.2) is 0 Å². The van der Waals surface area contributed by atoms with Crippen LogP contribution in [0.3, 0.4) is 0 Å². The summed E-state index contributed by atoms with van der Waals surface area (Å²) in [7, 11) is 0. The molecule has 0 bridgehead atoms. The minimum Gasteiger partial charge on any atom is -1.00 e. The van der Waals surface area contributed by atoms with Gasteiger partial charge in [0.2, 0.25) is 0 Å². The van der Waals surface area contributed by atoms with Gasteiger partial charge in [-0.15, -0.1) is 0 Å². The molecule has 0 aliphatic rings. The van der Waals surface area contributed by atoms with Crippen LogP contribution in [0.2, 0.25) is 0 Å². The third-order valence-electron chi connectivity index (χ3n) is 18.7. The fourth-order valence-electron chi connectivity index (χ4n) is 14.6. The van der Waals surface area contributed by atoms with Crippen molar-refractivity contribution in [3.05, 3.63) is 102 Å². The van der Waals surface area contributed by atoms with E-state index in [0.717, 1.165) is 116 Å². The van der Waals surface area contributed by atoms with Gasteiger partial charge in [-0.05, 0) is 116 Å². The van der Waals surface area contributed by atoms with Crippen molar-refractivity contribution in [2.75, 3.05) is 0 Å². The summed E-state index contributed by atoms with van der Waals surface area (Å²) in [6.07, 6.45) is 16.9. The Morgan fingerprint density at radius 3 is 0.349 bits per heavy atom. The number of nitrogens with zero attached hydrogens (tertiary/aromatic N) is 9. The van der Waals surface area contributed by atoms with Crippen molar-refractivity contribution in [1.29, 1.82) is 0 Å². The molecule has 9 aromatic rings. The minimum absolute atomic E-state index is 0. The number of nitrogens with one attached hydrogen (secondary N) is 9. The smallest absolute Gasteiger partial charge is 1.00 e. The average molecular weight is 1330 g/mol. The Morgan fingerprint density at radius 2 is 0.279 bits per heavy atom. The van der Waals surface area contributed by atoms with Gasteiger partial charge in [0.05, 0.1) is 20.1 Å². The number of H-pyrrole nitrogens is 9. The first kappa shape index (κ1) is 71.1. The molecule has 9 rings (SSSR count). The van der Waals surface area contributed by atoms with E-state index in [2.05, 4.69) is 171 Å². The molecule has 0 fully saturated rings. The van der Waals surface area contributed by atoms with Crippen molar-refractivity contribution in [1.82, 2.24) is 91.8 Å². The second kappa shape index (κ2) is 33.6. The zero-order valence-electron chi connectivity index (χ0n) is 55.6. The average Bonchev–Trinajstić information content (AvgIpc) is 1.67. The summed E-state index contributed by atoms with van der Waals surface area (Å²) in [4.78, 5) is 0. The van der Waals surface area contributed by atoms with Crippen molar-refractivity contribution < 1.29 is 41.0 Å². The van der Waals surface area contributed by atoms with Crippen molar-refractivity contribution in [3.8, 4) is 0 Å². The molecule has 23 heteroatoms. The zero-order valence-corrected chi connectivity index (χ0v) is 58.9. The maximum absolute atomic E-state index is 4.70. The van der Waals surface area contributed by atoms with Crippen LogP contribution >= 0.6 is 0 Å². The molecule has 0 saturated heterocycles. The van der Waals surface area contributed by atoms with E-state index in [1.807, 2.05) is 0 Å². The molecule has 0 aromatic carbocycles. The van der Waals surface area contributed by atoms with Crippen molar-refractivity contribution in [2.24, 2.45) is 0 Å². The van der Waals surface area contributed by atoms with Gasteiger partial charge in [0.25, 0.3) is 0 Å². The SMILES string of the molecule is CCc1n[nH]c(CC)c1[BH-](c1c(CC)n[nH]c1CC)c1c(CC)n[nH]c1CC.CCc1n[nH]c(CC)c1[BH-](c1c(CC)n[nH]c1CC)c1c(CC)n[nH]c1CC.CCc1n[nH]c(CC)c1[BH-](c1c(CC)n[nH]c1CC)c1c(CC)n[nH]c1CC.[Fe+3].[I-]. The summed E-state index contributed by atoms with van der Waals surface area (Å²) >= 11 is 0. The van der Waals surface area contributed by atoms with Crippen molar-refractivity contribution in [3.63, 3.8) is 0 Å². The second-order valence-corrected chi connectivity index (χ2v) is 22.6. The van der Waals surface area contributed by atoms with Crippen LogP contribution < -0.4 is 73.1 Å². The summed E-state index contributed by atoms with van der Waals surface area (Å²) in [5.74, 6) is 0. The van der Waals surface area contributed by atoms with E-state index in [9.17, 15) is 0 Å². The van der Waals surface area contributed by atoms with Crippen LogP contribution in [0.1, 0.15) is 227 Å². The van der Waals surface area contributed by atoms with Gasteiger partial charge >= 0.3 is 17.1 Å². The van der Waals surface area contributed by atoms with E-state index in [0.29, 0.717) is 0 Å². The van der Waals surface area contributed by atoms with E-state index in [-0.39, 0.29) is 41.0 Å². The molecule has 0 amide bonds. The maximum atomic E-state index is 4.70. The molecule has 0 atom stereocenters. The summed E-state index contributed by atoms with van der Waals surface area (Å²) in [6, 6.07) is 0. The first-order chi connectivity index (χ1) is 40.9. The Balaban J connectivity index is 0.000000233. The van der Waals surface area contributed by atoms with Crippen molar-refractivity contribution >= 4 is 69.3 Å². The maximum Gasteiger partial charge on any atom is 3.00 e. The molecule has 0 saturated carbocycles. The minimum atomic E-state index is -1.03. The zero-order chi connectivity index (χ0) is 60.8. The summed E-state index contributed by atoms with van der Waals surface area (Å²) in [5.41, 5.74) is 34.6. The van der Waals surface area contributed by atoms with Crippen LogP contribution in [0.4, 0.5) is 0 Å². The predicted octanol–water partition coefficient (Wildman–Crippen LogP) is 1.44. The molecule has 9 N–H and O–H groups in total. The van der Waals surface area contributed by atoms with Gasteiger partial charge in [0.15, 0.2) is 0 Å². The Morgan fingerprint density at radius 1 is 0.186 bits per heavy atom. The first-order valence-electron chi connectivity index (χ1n) is 33.0. The largest absolute Gasteiger partial charge is 3.00 e. The number of hydrogen-bond donors (Lipinski definition) is 9. The van der Waals surface area contributed by atoms with E-state index in [1.54, 1.807) is 0 Å². The number of rotatable bonds is 27. The Hall–Kier alpha value is -5.67. The Labute approximate surface area is 541 Å². The van der Waals surface area contributed by atoms with E-state index < -0.39 is 20.1 Å². The third kappa shape index (κ3) is 13.9. The molecule has 1 radical (unpaired) electrons. The fraction of sp³-hybridized carbons (Fsp3) is 0.571. The molecule has 9 aromatic heterocycles. The predicted molar refractivity (Wildman–Crippen MR) is 354 cm³/mol. The quantitative estimate of drug-likeness (QED) is 0.0266. The van der Waals surface area contributed by atoms with Gasteiger partial charge in [0.1, 0.15) is 0 Å². The summed E-state index contributed by atoms with van der Waals surface area (Å²) in [6.45, 7) is 36.6. The van der Waals surface area contributed by atoms with E-state index in [1.165, 1.54) is 152 Å². The Kier molecular flexibility index (Phi) is 27.8. The van der Waals surface area contributed by atoms with Crippen LogP contribution in [-0.2, 0) is 133 Å². The van der Waals surface area contributed by atoms with Gasteiger partial charge in [-0.25, -0.2) is 0 Å². The third-order valence-corrected chi connectivity index (χ3v) is 18.7. The number of aromatic amines is 9. The van der Waals surface area contributed by atoms with E-state index in [4.69, 9.17) is 45.9 Å². The molecule has 0 spiro atoms. The van der Waals surface area contributed by atoms with Crippen LogP contribution in [0.5, 0.6) is 0 Å². The number of aryl methyl sites for hydroxylation is 18. The summed E-state index contributed by atoms with van der Waals surface area (Å²) in [5, 5.41) is 72.4. The first-order valence-corrected chi connectivity index (χ1v) is 33.0. The molecular formula is C63H102B3FeIN18-. The molecular weight excluding hydrogens is 1220 g/mol. The van der Waals surface area contributed by atoms with Gasteiger partial charge < -0.3 is 24.0 Å². The van der Waals surface area contributed by atoms with Crippen molar-refractivity contribution in [2.45, 2.75) is 240 Å². The van der Waals surface area contributed by atoms with Gasteiger partial charge in [-0.2, -0.15) is 95.1 Å². The molecule has 0 aliphatic heterocycles. The monoisotopic (exact) mass is 1330 g/mol. The van der Waals surface area contributed by atoms with Gasteiger partial charge in [-0.3, -0.25) is 45.9 Å². The normalized spacial score (nSPS) is 11.4. The van der Waals surface area contributed by atoms with Crippen LogP contribution in [0.25, 0.3) is 0 Å². The molecule has 86 heavy (non-hydrogen) atoms. The topological polar surface area (TPSA) is 258 Å². The number of aromatic nitrogens is 18. The molecule has 9 heterocycles. The molecule has 0 aliphatic carbocycles. The number of hydrogen-bond acceptors (Lipinski definition) is 9. The van der Waals surface area contributed by atoms with Gasteiger partial charge in [-0.1, -0.05) is 125 Å². The molecule has 0 unspecified atom stereocenters.